The van der Waals surface area contributed by atoms with Crippen LogP contribution in [0.25, 0.3) is 0 Å². The molecular formula is C57H54N8O8S2. The summed E-state index contributed by atoms with van der Waals surface area (Å²) in [6.45, 7) is 6.63. The van der Waals surface area contributed by atoms with E-state index in [4.69, 9.17) is 20.0 Å². The van der Waals surface area contributed by atoms with Gasteiger partial charge in [-0.25, -0.2) is 9.59 Å². The van der Waals surface area contributed by atoms with Crippen LogP contribution in [0.5, 0.6) is 0 Å². The number of carbonyl (C=O) groups is 5. The third-order valence-electron chi connectivity index (χ3n) is 13.4. The number of β-lactam (4-membered cyclic amide) rings is 1. The molecule has 3 saturated heterocycles. The maximum absolute atomic E-state index is 15.0. The van der Waals surface area contributed by atoms with Gasteiger partial charge < -0.3 is 35.2 Å². The van der Waals surface area contributed by atoms with E-state index in [9.17, 15) is 24.0 Å². The van der Waals surface area contributed by atoms with Gasteiger partial charge in [-0.2, -0.15) is 9.36 Å². The first-order valence-corrected chi connectivity index (χ1v) is 26.4. The fourth-order valence-electron chi connectivity index (χ4n) is 9.82. The molecule has 75 heavy (non-hydrogen) atoms. The Balaban J connectivity index is 0.969. The zero-order chi connectivity index (χ0) is 52.3. The minimum absolute atomic E-state index is 0.0358. The Hall–Kier alpha value is -8.09. The Morgan fingerprint density at radius 2 is 1.36 bits per heavy atom. The van der Waals surface area contributed by atoms with Crippen LogP contribution in [0.3, 0.4) is 0 Å². The van der Waals surface area contributed by atoms with Crippen LogP contribution in [-0.2, 0) is 39.1 Å². The van der Waals surface area contributed by atoms with E-state index in [1.807, 2.05) is 172 Å². The van der Waals surface area contributed by atoms with E-state index in [-0.39, 0.29) is 40.1 Å². The Kier molecular flexibility index (Phi) is 14.4. The van der Waals surface area contributed by atoms with Gasteiger partial charge in [0.25, 0.3) is 11.8 Å². The van der Waals surface area contributed by atoms with Crippen LogP contribution in [0.1, 0.15) is 73.4 Å². The SMILES string of the molecule is CC(C)(C)OC(=O)N1CC[C@@H](N2CC/C(=C/C3=C(C(=O)OC(c4ccccc4)c4ccccc4)N4C(=O)[C@@H](NC(=O)/C(=N\OC(c5ccccc5)(c5ccccc5)c5ccccc5)c5nsc(N)n5)[C@H]4SC3)C2=O)C1. The zero-order valence-electron chi connectivity index (χ0n) is 41.4. The van der Waals surface area contributed by atoms with Gasteiger partial charge in [-0.15, -0.1) is 11.8 Å². The molecule has 382 valence electrons. The molecule has 4 aliphatic heterocycles. The number of esters is 1. The fourth-order valence-corrected chi connectivity index (χ4v) is 11.6. The third-order valence-corrected chi connectivity index (χ3v) is 15.2. The normalized spacial score (nSPS) is 19.5. The summed E-state index contributed by atoms with van der Waals surface area (Å²) in [5.74, 6) is -2.35. The second-order valence-corrected chi connectivity index (χ2v) is 21.3. The van der Waals surface area contributed by atoms with E-state index in [0.29, 0.717) is 71.4 Å². The number of anilines is 1. The maximum Gasteiger partial charge on any atom is 0.410 e. The number of benzene rings is 5. The Morgan fingerprint density at radius 3 is 1.89 bits per heavy atom. The molecule has 3 N–H and O–H groups in total. The quantitative estimate of drug-likeness (QED) is 0.0267. The second-order valence-electron chi connectivity index (χ2n) is 19.4. The largest absolute Gasteiger partial charge is 0.448 e. The standard InChI is InChI=1S/C57H54N8O8S2/c1-56(2,3)72-55(70)63-31-30-43(34-63)64-32-29-38(50(64)67)33-39-35-74-52-45(51(68)65(52)46(39)53(69)71-47(36-19-9-4-10-20-36)37-21-11-5-12-22-37)59-49(66)44(48-60-54(58)75-62-48)61-73-57(40-23-13-6-14-24-40,41-25-15-7-16-26-41)42-27-17-8-18-28-42/h4-28,33,43,45,47,52H,29-32,34-35H2,1-3H3,(H,59,66)(H2,58,60,62)/b38-33-,61-44-/t43-,45-,52-/m1/s1. The first-order chi connectivity index (χ1) is 36.3. The van der Waals surface area contributed by atoms with Crippen molar-refractivity contribution >= 4 is 63.9 Å². The molecule has 4 aliphatic rings. The molecule has 10 rings (SSSR count). The van der Waals surface area contributed by atoms with E-state index in [1.165, 1.54) is 16.7 Å². The number of thioether (sulfide) groups is 1. The van der Waals surface area contributed by atoms with E-state index < -0.39 is 52.6 Å². The van der Waals surface area contributed by atoms with Crippen LogP contribution in [0.15, 0.2) is 180 Å². The number of likely N-dealkylation sites (tertiary alicyclic amines) is 2. The molecule has 4 amide bonds. The van der Waals surface area contributed by atoms with Crippen molar-refractivity contribution in [3.63, 3.8) is 0 Å². The number of oxime groups is 1. The molecule has 6 aromatic rings. The molecule has 0 spiro atoms. The number of allylic oxidation sites excluding steroid dienone is 1. The van der Waals surface area contributed by atoms with Gasteiger partial charge in [0.1, 0.15) is 22.7 Å². The Bertz CT molecular complexity index is 3050. The number of nitrogens with one attached hydrogen (secondary N) is 1. The lowest BCUT2D eigenvalue weighted by Crippen LogP contribution is -2.71. The molecule has 3 atom stereocenters. The van der Waals surface area contributed by atoms with Gasteiger partial charge in [-0.1, -0.05) is 157 Å². The summed E-state index contributed by atoms with van der Waals surface area (Å²) in [4.78, 5) is 87.4. The van der Waals surface area contributed by atoms with Crippen molar-refractivity contribution in [3.8, 4) is 0 Å². The van der Waals surface area contributed by atoms with E-state index in [1.54, 1.807) is 15.9 Å². The molecule has 5 heterocycles. The van der Waals surface area contributed by atoms with Crippen molar-refractivity contribution in [2.75, 3.05) is 31.1 Å². The molecule has 3 fully saturated rings. The number of amides is 4. The van der Waals surface area contributed by atoms with Crippen molar-refractivity contribution in [2.24, 2.45) is 5.16 Å². The summed E-state index contributed by atoms with van der Waals surface area (Å²) in [5.41, 5.74) is 8.11. The molecule has 0 radical (unpaired) electrons. The predicted octanol–water partition coefficient (Wildman–Crippen LogP) is 7.99. The van der Waals surface area contributed by atoms with Crippen molar-refractivity contribution in [3.05, 3.63) is 208 Å². The number of nitrogen functional groups attached to an aromatic ring is 1. The van der Waals surface area contributed by atoms with E-state index in [0.717, 1.165) is 11.5 Å². The van der Waals surface area contributed by atoms with E-state index in [2.05, 4.69) is 19.8 Å². The van der Waals surface area contributed by atoms with Crippen molar-refractivity contribution < 1.29 is 38.3 Å². The molecular weight excluding hydrogens is 989 g/mol. The lowest BCUT2D eigenvalue weighted by Gasteiger charge is -2.49. The van der Waals surface area contributed by atoms with Gasteiger partial charge in [-0.05, 0) is 56.4 Å². The second kappa shape index (κ2) is 21.4. The summed E-state index contributed by atoms with van der Waals surface area (Å²) in [7, 11) is 0. The first kappa shape index (κ1) is 50.4. The summed E-state index contributed by atoms with van der Waals surface area (Å²) < 4.78 is 16.4. The minimum atomic E-state index is -1.38. The van der Waals surface area contributed by atoms with Crippen LogP contribution < -0.4 is 11.1 Å². The summed E-state index contributed by atoms with van der Waals surface area (Å²) in [5, 5.41) is 6.74. The molecule has 0 bridgehead atoms. The van der Waals surface area contributed by atoms with Crippen LogP contribution in [0.2, 0.25) is 0 Å². The van der Waals surface area contributed by atoms with Crippen molar-refractivity contribution in [2.45, 2.75) is 68.4 Å². The van der Waals surface area contributed by atoms with Crippen LogP contribution in [-0.4, -0.2) is 108 Å². The molecule has 0 saturated carbocycles. The summed E-state index contributed by atoms with van der Waals surface area (Å²) in [6, 6.07) is 45.7. The van der Waals surface area contributed by atoms with E-state index >= 15 is 0 Å². The monoisotopic (exact) mass is 1040 g/mol. The van der Waals surface area contributed by atoms with Crippen LogP contribution >= 0.6 is 23.3 Å². The number of hydrogen-bond donors (Lipinski definition) is 2. The highest BCUT2D eigenvalue weighted by Crippen LogP contribution is 2.44. The molecule has 0 unspecified atom stereocenters. The highest BCUT2D eigenvalue weighted by atomic mass is 32.2. The molecule has 18 heteroatoms. The summed E-state index contributed by atoms with van der Waals surface area (Å²) in [6.07, 6.45) is 1.38. The number of nitrogens with two attached hydrogens (primary N) is 1. The maximum atomic E-state index is 15.0. The van der Waals surface area contributed by atoms with Gasteiger partial charge in [0.05, 0.1) is 6.04 Å². The smallest absolute Gasteiger partial charge is 0.410 e. The fraction of sp³-hybridized carbons (Fsp3) is 0.263. The summed E-state index contributed by atoms with van der Waals surface area (Å²) >= 11 is 2.19. The van der Waals surface area contributed by atoms with Crippen LogP contribution in [0.4, 0.5) is 9.93 Å². The van der Waals surface area contributed by atoms with Crippen LogP contribution in [0, 0.1) is 0 Å². The lowest BCUT2D eigenvalue weighted by molar-refractivity contribution is -0.154. The lowest BCUT2D eigenvalue weighted by atomic mass is 9.80. The average Bonchev–Trinajstić information content (AvgIpc) is 4.23. The number of rotatable bonds is 14. The number of fused-ring (bicyclic) bond motifs is 1. The molecule has 5 aromatic carbocycles. The average molecular weight is 1040 g/mol. The molecule has 0 aliphatic carbocycles. The molecule has 1 aromatic heterocycles. The first-order valence-electron chi connectivity index (χ1n) is 24.6. The van der Waals surface area contributed by atoms with Gasteiger partial charge in [0, 0.05) is 59.2 Å². The van der Waals surface area contributed by atoms with Gasteiger partial charge in [-0.3, -0.25) is 19.3 Å². The number of aromatic nitrogens is 2. The van der Waals surface area contributed by atoms with Gasteiger partial charge >= 0.3 is 12.1 Å². The van der Waals surface area contributed by atoms with Crippen molar-refractivity contribution in [1.82, 2.24) is 29.4 Å². The number of ether oxygens (including phenoxy) is 2. The third kappa shape index (κ3) is 10.4. The van der Waals surface area contributed by atoms with Gasteiger partial charge in [0.2, 0.25) is 23.0 Å². The predicted molar refractivity (Wildman–Crippen MR) is 285 cm³/mol. The minimum Gasteiger partial charge on any atom is -0.448 e. The highest BCUT2D eigenvalue weighted by molar-refractivity contribution is 8.00. The Labute approximate surface area is 442 Å². The number of hydrogen-bond acceptors (Lipinski definition) is 14. The zero-order valence-corrected chi connectivity index (χ0v) is 43.0. The van der Waals surface area contributed by atoms with Crippen molar-refractivity contribution in [1.29, 1.82) is 0 Å². The Morgan fingerprint density at radius 1 is 0.800 bits per heavy atom. The number of carbonyl (C=O) groups excluding carboxylic acids is 5. The number of nitrogens with zero attached hydrogens (tertiary/aromatic N) is 6. The highest BCUT2D eigenvalue weighted by Gasteiger charge is 2.55. The topological polar surface area (TPSA) is 199 Å². The molecule has 16 nitrogen and oxygen atoms in total. The van der Waals surface area contributed by atoms with Gasteiger partial charge in [0.15, 0.2) is 11.2 Å².